The quantitative estimate of drug-likeness (QED) is 0.854. The first kappa shape index (κ1) is 15.9. The van der Waals surface area contributed by atoms with E-state index in [1.165, 1.54) is 0 Å². The van der Waals surface area contributed by atoms with Crippen LogP contribution >= 0.6 is 23.2 Å². The Balaban J connectivity index is 2.44. The third-order valence-electron chi connectivity index (χ3n) is 2.32. The molecule has 0 unspecified atom stereocenters. The summed E-state index contributed by atoms with van der Waals surface area (Å²) in [5, 5.41) is -0.283. The fourth-order valence-electron chi connectivity index (χ4n) is 1.38. The van der Waals surface area contributed by atoms with Crippen LogP contribution in [-0.4, -0.2) is 13.4 Å². The zero-order valence-electron chi connectivity index (χ0n) is 9.87. The first-order valence-electron chi connectivity index (χ1n) is 5.19. The van der Waals surface area contributed by atoms with E-state index in [9.17, 15) is 21.6 Å². The van der Waals surface area contributed by atoms with Gasteiger partial charge < -0.3 is 0 Å². The molecule has 10 heteroatoms. The molecule has 0 amide bonds. The normalized spacial score (nSPS) is 11.5. The molecule has 0 spiro atoms. The van der Waals surface area contributed by atoms with Crippen LogP contribution in [0.3, 0.4) is 0 Å². The molecule has 1 aromatic heterocycles. The molecule has 1 heterocycles. The van der Waals surface area contributed by atoms with Crippen LogP contribution in [0.15, 0.2) is 29.3 Å². The molecule has 0 aliphatic rings. The number of aromatic nitrogens is 1. The lowest BCUT2D eigenvalue weighted by Crippen LogP contribution is -2.15. The van der Waals surface area contributed by atoms with Gasteiger partial charge in [-0.05, 0) is 6.07 Å². The highest BCUT2D eigenvalue weighted by Gasteiger charge is 2.21. The number of anilines is 1. The van der Waals surface area contributed by atoms with Gasteiger partial charge in [-0.2, -0.15) is 0 Å². The highest BCUT2D eigenvalue weighted by molar-refractivity contribution is 7.92. The maximum atomic E-state index is 13.4. The van der Waals surface area contributed by atoms with Gasteiger partial charge in [0.15, 0.2) is 11.6 Å². The molecule has 21 heavy (non-hydrogen) atoms. The first-order valence-corrected chi connectivity index (χ1v) is 7.43. The van der Waals surface area contributed by atoms with E-state index in [0.717, 1.165) is 12.3 Å². The summed E-state index contributed by atoms with van der Waals surface area (Å²) in [7, 11) is -4.37. The summed E-state index contributed by atoms with van der Waals surface area (Å²) in [6.07, 6.45) is 0.857. The summed E-state index contributed by atoms with van der Waals surface area (Å²) in [5.41, 5.74) is -1.01. The Hall–Kier alpha value is -1.51. The number of rotatable bonds is 3. The predicted octanol–water partition coefficient (Wildman–Crippen LogP) is 3.61. The van der Waals surface area contributed by atoms with Crippen molar-refractivity contribution in [2.45, 2.75) is 4.90 Å². The monoisotopic (exact) mass is 356 g/mol. The molecule has 0 aliphatic carbocycles. The van der Waals surface area contributed by atoms with Crippen molar-refractivity contribution in [3.63, 3.8) is 0 Å². The lowest BCUT2D eigenvalue weighted by Gasteiger charge is -2.10. The van der Waals surface area contributed by atoms with E-state index in [1.54, 1.807) is 4.72 Å². The van der Waals surface area contributed by atoms with Gasteiger partial charge >= 0.3 is 0 Å². The Kier molecular flexibility index (Phi) is 4.31. The van der Waals surface area contributed by atoms with Crippen LogP contribution < -0.4 is 4.72 Å². The van der Waals surface area contributed by atoms with Crippen LogP contribution in [0.1, 0.15) is 0 Å². The maximum Gasteiger partial charge on any atom is 0.263 e. The first-order chi connectivity index (χ1) is 9.70. The molecule has 4 nitrogen and oxygen atoms in total. The van der Waals surface area contributed by atoms with Gasteiger partial charge in [-0.1, -0.05) is 23.2 Å². The third-order valence-corrected chi connectivity index (χ3v) is 4.33. The molecule has 0 fully saturated rings. The molecular weight excluding hydrogens is 352 g/mol. The average Bonchev–Trinajstić information content (AvgIpc) is 2.37. The van der Waals surface area contributed by atoms with E-state index in [1.807, 2.05) is 0 Å². The topological polar surface area (TPSA) is 59.1 Å². The molecule has 0 saturated carbocycles. The van der Waals surface area contributed by atoms with Gasteiger partial charge in [-0.3, -0.25) is 4.72 Å². The molecule has 0 saturated heterocycles. The molecule has 0 aliphatic heterocycles. The average molecular weight is 357 g/mol. The molecule has 0 bridgehead atoms. The number of pyridine rings is 1. The van der Waals surface area contributed by atoms with Gasteiger partial charge in [0.05, 0.1) is 5.02 Å². The fourth-order valence-corrected chi connectivity index (χ4v) is 2.76. The van der Waals surface area contributed by atoms with E-state index < -0.39 is 38.1 Å². The van der Waals surface area contributed by atoms with Crippen LogP contribution in [0, 0.1) is 17.5 Å². The summed E-state index contributed by atoms with van der Waals surface area (Å²) >= 11 is 11.2. The molecule has 0 atom stereocenters. The zero-order chi connectivity index (χ0) is 15.8. The maximum absolute atomic E-state index is 13.4. The van der Waals surface area contributed by atoms with Crippen molar-refractivity contribution in [1.29, 1.82) is 0 Å². The van der Waals surface area contributed by atoms with E-state index in [0.29, 0.717) is 12.1 Å². The van der Waals surface area contributed by atoms with Crippen molar-refractivity contribution in [3.8, 4) is 0 Å². The lowest BCUT2D eigenvalue weighted by atomic mass is 10.3. The van der Waals surface area contributed by atoms with Gasteiger partial charge in [0.2, 0.25) is 0 Å². The number of benzene rings is 1. The van der Waals surface area contributed by atoms with E-state index >= 15 is 0 Å². The van der Waals surface area contributed by atoms with Gasteiger partial charge in [-0.15, -0.1) is 0 Å². The van der Waals surface area contributed by atoms with Crippen molar-refractivity contribution in [2.75, 3.05) is 4.72 Å². The number of nitrogens with zero attached hydrogens (tertiary/aromatic N) is 1. The molecule has 0 radical (unpaired) electrons. The minimum absolute atomic E-state index is 0.130. The summed E-state index contributed by atoms with van der Waals surface area (Å²) < 4.78 is 65.2. The second-order valence-corrected chi connectivity index (χ2v) is 6.24. The second kappa shape index (κ2) is 5.70. The predicted molar refractivity (Wildman–Crippen MR) is 71.4 cm³/mol. The fraction of sp³-hybridized carbons (Fsp3) is 0. The summed E-state index contributed by atoms with van der Waals surface area (Å²) in [6.45, 7) is 0. The minimum Gasteiger partial charge on any atom is -0.274 e. The van der Waals surface area contributed by atoms with Gasteiger partial charge in [0, 0.05) is 18.3 Å². The Morgan fingerprint density at radius 2 is 1.62 bits per heavy atom. The molecule has 2 aromatic rings. The molecule has 1 N–H and O–H groups in total. The molecule has 1 aromatic carbocycles. The van der Waals surface area contributed by atoms with Gasteiger partial charge in [0.1, 0.15) is 21.6 Å². The summed E-state index contributed by atoms with van der Waals surface area (Å²) in [6, 6.07) is 1.64. The lowest BCUT2D eigenvalue weighted by molar-refractivity contribution is 0.547. The summed E-state index contributed by atoms with van der Waals surface area (Å²) in [4.78, 5) is 3.05. The molecule has 112 valence electrons. The van der Waals surface area contributed by atoms with E-state index in [2.05, 4.69) is 4.98 Å². The number of hydrogen-bond donors (Lipinski definition) is 1. The van der Waals surface area contributed by atoms with Crippen LogP contribution in [0.2, 0.25) is 10.2 Å². The van der Waals surface area contributed by atoms with Crippen molar-refractivity contribution in [2.24, 2.45) is 0 Å². The molecule has 2 rings (SSSR count). The summed E-state index contributed by atoms with van der Waals surface area (Å²) in [5.74, 6) is -3.97. The highest BCUT2D eigenvalue weighted by Crippen LogP contribution is 2.26. The minimum atomic E-state index is -4.37. The number of hydrogen-bond acceptors (Lipinski definition) is 3. The van der Waals surface area contributed by atoms with Crippen molar-refractivity contribution in [1.82, 2.24) is 4.98 Å². The number of nitrogens with one attached hydrogen (secondary N) is 1. The Morgan fingerprint density at radius 1 is 1.05 bits per heavy atom. The van der Waals surface area contributed by atoms with Gasteiger partial charge in [0.25, 0.3) is 10.0 Å². The van der Waals surface area contributed by atoms with Crippen molar-refractivity contribution < 1.29 is 21.6 Å². The molecular formula is C11H5Cl2F3N2O2S. The van der Waals surface area contributed by atoms with E-state index in [-0.39, 0.29) is 10.2 Å². The SMILES string of the molecule is O=S(=O)(Nc1c(F)cc(F)cc1F)c1cnc(Cl)c(Cl)c1. The van der Waals surface area contributed by atoms with Gasteiger partial charge in [-0.25, -0.2) is 26.6 Å². The van der Waals surface area contributed by atoms with Crippen LogP contribution in [0.4, 0.5) is 18.9 Å². The van der Waals surface area contributed by atoms with Crippen LogP contribution in [-0.2, 0) is 10.0 Å². The second-order valence-electron chi connectivity index (χ2n) is 3.79. The number of sulfonamides is 1. The Labute approximate surface area is 127 Å². The largest absolute Gasteiger partial charge is 0.274 e. The highest BCUT2D eigenvalue weighted by atomic mass is 35.5. The Morgan fingerprint density at radius 3 is 2.14 bits per heavy atom. The smallest absolute Gasteiger partial charge is 0.263 e. The van der Waals surface area contributed by atoms with Crippen molar-refractivity contribution >= 4 is 38.9 Å². The third kappa shape index (κ3) is 3.39. The zero-order valence-corrected chi connectivity index (χ0v) is 12.2. The van der Waals surface area contributed by atoms with E-state index in [4.69, 9.17) is 23.2 Å². The standard InChI is InChI=1S/C11H5Cl2F3N2O2S/c12-7-3-6(4-17-11(7)13)21(19,20)18-10-8(15)1-5(14)2-9(10)16/h1-4,18H. The van der Waals surface area contributed by atoms with Crippen molar-refractivity contribution in [3.05, 3.63) is 52.0 Å². The van der Waals surface area contributed by atoms with Crippen LogP contribution in [0.5, 0.6) is 0 Å². The van der Waals surface area contributed by atoms with Crippen LogP contribution in [0.25, 0.3) is 0 Å². The Bertz CT molecular complexity index is 792. The number of halogens is 5.